The molecule has 8 nitrogen and oxygen atoms in total. The van der Waals surface area contributed by atoms with Crippen molar-refractivity contribution in [2.75, 3.05) is 32.4 Å². The van der Waals surface area contributed by atoms with E-state index in [0.717, 1.165) is 16.8 Å². The van der Waals surface area contributed by atoms with Crippen LogP contribution in [0, 0.1) is 6.92 Å². The number of nitrogens with one attached hydrogen (secondary N) is 2. The van der Waals surface area contributed by atoms with E-state index in [2.05, 4.69) is 15.3 Å². The number of benzene rings is 2. The van der Waals surface area contributed by atoms with Gasteiger partial charge in [0.2, 0.25) is 11.7 Å². The number of ether oxygens (including phenoxy) is 3. The average molecular weight is 370 g/mol. The third kappa shape index (κ3) is 3.46. The van der Waals surface area contributed by atoms with E-state index < -0.39 is 0 Å². The number of methoxy groups -OCH3 is 3. The zero-order valence-electron chi connectivity index (χ0n) is 15.7. The zero-order valence-corrected chi connectivity index (χ0v) is 15.7. The number of aryl methyl sites for hydroxylation is 1. The second-order valence-corrected chi connectivity index (χ2v) is 5.96. The molecule has 0 aliphatic heterocycles. The number of fused-ring (bicyclic) bond motifs is 1. The molecule has 1 heterocycles. The van der Waals surface area contributed by atoms with Gasteiger partial charge >= 0.3 is 0 Å². The molecule has 0 aliphatic rings. The topological polar surface area (TPSA) is 111 Å². The van der Waals surface area contributed by atoms with E-state index in [0.29, 0.717) is 34.7 Å². The molecule has 0 amide bonds. The van der Waals surface area contributed by atoms with Gasteiger partial charge < -0.3 is 25.3 Å². The molecule has 27 heavy (non-hydrogen) atoms. The summed E-state index contributed by atoms with van der Waals surface area (Å²) in [6.07, 6.45) is 0. The van der Waals surface area contributed by atoms with Crippen LogP contribution < -0.4 is 30.8 Å². The van der Waals surface area contributed by atoms with Gasteiger partial charge in [-0.3, -0.25) is 9.78 Å². The third-order valence-electron chi connectivity index (χ3n) is 4.41. The first-order valence-electron chi connectivity index (χ1n) is 8.30. The highest BCUT2D eigenvalue weighted by molar-refractivity contribution is 5.83. The number of nitrogens with two attached hydrogens (primary N) is 1. The fraction of sp³-hybridized carbons (Fsp3) is 0.263. The van der Waals surface area contributed by atoms with Gasteiger partial charge in [-0.15, -0.1) is 0 Å². The van der Waals surface area contributed by atoms with E-state index in [9.17, 15) is 4.79 Å². The number of rotatable bonds is 6. The summed E-state index contributed by atoms with van der Waals surface area (Å²) in [5, 5.41) is 3.86. The lowest BCUT2D eigenvalue weighted by Gasteiger charge is -2.16. The van der Waals surface area contributed by atoms with Crippen LogP contribution in [0.3, 0.4) is 0 Å². The Bertz CT molecular complexity index is 1020. The van der Waals surface area contributed by atoms with Crippen molar-refractivity contribution in [2.45, 2.75) is 13.5 Å². The summed E-state index contributed by atoms with van der Waals surface area (Å²) in [4.78, 5) is 19.0. The number of aromatic amines is 1. The largest absolute Gasteiger partial charge is 0.493 e. The number of nitrogens with zero attached hydrogens (tertiary/aromatic N) is 1. The fourth-order valence-corrected chi connectivity index (χ4v) is 3.03. The highest BCUT2D eigenvalue weighted by atomic mass is 16.5. The molecule has 0 saturated carbocycles. The van der Waals surface area contributed by atoms with E-state index in [4.69, 9.17) is 19.9 Å². The van der Waals surface area contributed by atoms with Gasteiger partial charge in [0, 0.05) is 24.4 Å². The van der Waals surface area contributed by atoms with Crippen molar-refractivity contribution in [3.63, 3.8) is 0 Å². The molecular formula is C19H22N4O4. The molecule has 4 N–H and O–H groups in total. The second kappa shape index (κ2) is 7.45. The normalized spacial score (nSPS) is 10.7. The van der Waals surface area contributed by atoms with E-state index >= 15 is 0 Å². The monoisotopic (exact) mass is 370 g/mol. The number of anilines is 2. The van der Waals surface area contributed by atoms with Gasteiger partial charge in [-0.1, -0.05) is 6.07 Å². The van der Waals surface area contributed by atoms with E-state index in [1.807, 2.05) is 25.1 Å². The summed E-state index contributed by atoms with van der Waals surface area (Å²) in [5.41, 5.74) is 8.56. The molecule has 3 aromatic rings. The molecule has 0 aliphatic carbocycles. The van der Waals surface area contributed by atoms with Crippen molar-refractivity contribution in [2.24, 2.45) is 0 Å². The van der Waals surface area contributed by atoms with Crippen LogP contribution in [0.25, 0.3) is 10.9 Å². The molecule has 0 atom stereocenters. The first-order chi connectivity index (χ1) is 13.0. The number of H-pyrrole nitrogens is 1. The van der Waals surface area contributed by atoms with E-state index in [1.54, 1.807) is 27.4 Å². The fourth-order valence-electron chi connectivity index (χ4n) is 3.03. The number of nitrogen functional groups attached to an aromatic ring is 1. The molecule has 142 valence electrons. The maximum Gasteiger partial charge on any atom is 0.260 e. The van der Waals surface area contributed by atoms with Gasteiger partial charge in [-0.2, -0.15) is 0 Å². The van der Waals surface area contributed by atoms with E-state index in [-0.39, 0.29) is 11.5 Å². The highest BCUT2D eigenvalue weighted by Crippen LogP contribution is 2.40. The molecule has 2 aromatic carbocycles. The Kier molecular flexibility index (Phi) is 5.07. The molecule has 0 unspecified atom stereocenters. The number of hydrogen-bond acceptors (Lipinski definition) is 7. The standard InChI is InChI=1S/C19H22N4O4/c1-10-11(5-6-13-16(10)18(24)23-19(20)22-13)9-21-12-7-14(25-2)17(27-4)15(8-12)26-3/h5-8,21H,9H2,1-4H3,(H3,20,22,23,24). The van der Waals surface area contributed by atoms with Crippen molar-refractivity contribution in [1.82, 2.24) is 9.97 Å². The number of hydrogen-bond donors (Lipinski definition) is 3. The summed E-state index contributed by atoms with van der Waals surface area (Å²) in [6.45, 7) is 2.39. The van der Waals surface area contributed by atoms with Crippen LogP contribution in [0.4, 0.5) is 11.6 Å². The van der Waals surface area contributed by atoms with E-state index in [1.165, 1.54) is 0 Å². The summed E-state index contributed by atoms with van der Waals surface area (Å²) >= 11 is 0. The minimum atomic E-state index is -0.246. The van der Waals surface area contributed by atoms with Gasteiger partial charge in [-0.05, 0) is 24.1 Å². The molecule has 0 bridgehead atoms. The van der Waals surface area contributed by atoms with Crippen LogP contribution in [0.1, 0.15) is 11.1 Å². The quantitative estimate of drug-likeness (QED) is 0.611. The van der Waals surface area contributed by atoms with Gasteiger partial charge in [0.05, 0.1) is 32.2 Å². The molecule has 0 radical (unpaired) electrons. The van der Waals surface area contributed by atoms with Crippen LogP contribution in [-0.2, 0) is 6.54 Å². The highest BCUT2D eigenvalue weighted by Gasteiger charge is 2.14. The molecular weight excluding hydrogens is 348 g/mol. The first-order valence-corrected chi connectivity index (χ1v) is 8.30. The maximum absolute atomic E-state index is 12.2. The Morgan fingerprint density at radius 1 is 1.11 bits per heavy atom. The van der Waals surface area contributed by atoms with Crippen LogP contribution >= 0.6 is 0 Å². The minimum Gasteiger partial charge on any atom is -0.493 e. The molecule has 0 fully saturated rings. The Hall–Kier alpha value is -3.42. The average Bonchev–Trinajstić information content (AvgIpc) is 2.65. The van der Waals surface area contributed by atoms with Crippen LogP contribution in [-0.4, -0.2) is 31.3 Å². The van der Waals surface area contributed by atoms with Crippen molar-refractivity contribution in [1.29, 1.82) is 0 Å². The van der Waals surface area contributed by atoms with Crippen LogP contribution in [0.2, 0.25) is 0 Å². The third-order valence-corrected chi connectivity index (χ3v) is 4.41. The summed E-state index contributed by atoms with van der Waals surface area (Å²) in [6, 6.07) is 7.37. The maximum atomic E-state index is 12.2. The first kappa shape index (κ1) is 18.4. The Labute approximate surface area is 156 Å². The van der Waals surface area contributed by atoms with Crippen LogP contribution in [0.15, 0.2) is 29.1 Å². The minimum absolute atomic E-state index is 0.107. The van der Waals surface area contributed by atoms with Crippen molar-refractivity contribution >= 4 is 22.5 Å². The van der Waals surface area contributed by atoms with Gasteiger partial charge in [0.15, 0.2) is 11.5 Å². The summed E-state index contributed by atoms with van der Waals surface area (Å²) < 4.78 is 16.1. The smallest absolute Gasteiger partial charge is 0.260 e. The molecule has 1 aromatic heterocycles. The second-order valence-electron chi connectivity index (χ2n) is 5.96. The molecule has 3 rings (SSSR count). The predicted molar refractivity (Wildman–Crippen MR) is 105 cm³/mol. The number of aromatic nitrogens is 2. The molecule has 8 heteroatoms. The lowest BCUT2D eigenvalue weighted by atomic mass is 10.0. The van der Waals surface area contributed by atoms with Gasteiger partial charge in [0.1, 0.15) is 0 Å². The SMILES string of the molecule is COc1cc(NCc2ccc3nc(N)[nH]c(=O)c3c2C)cc(OC)c1OC. The summed E-state index contributed by atoms with van der Waals surface area (Å²) in [5.74, 6) is 1.76. The molecule has 0 saturated heterocycles. The van der Waals surface area contributed by atoms with Crippen molar-refractivity contribution < 1.29 is 14.2 Å². The van der Waals surface area contributed by atoms with Crippen molar-refractivity contribution in [3.8, 4) is 17.2 Å². The predicted octanol–water partition coefficient (Wildman–Crippen LogP) is 2.45. The Balaban J connectivity index is 1.93. The zero-order chi connectivity index (χ0) is 19.6. The van der Waals surface area contributed by atoms with Gasteiger partial charge in [-0.25, -0.2) is 4.98 Å². The summed E-state index contributed by atoms with van der Waals surface area (Å²) in [7, 11) is 4.70. The van der Waals surface area contributed by atoms with Crippen LogP contribution in [0.5, 0.6) is 17.2 Å². The van der Waals surface area contributed by atoms with Crippen molar-refractivity contribution in [3.05, 3.63) is 45.7 Å². The lowest BCUT2D eigenvalue weighted by molar-refractivity contribution is 0.324. The van der Waals surface area contributed by atoms with Gasteiger partial charge in [0.25, 0.3) is 5.56 Å². The Morgan fingerprint density at radius 3 is 2.37 bits per heavy atom. The lowest BCUT2D eigenvalue weighted by Crippen LogP contribution is -2.13. The Morgan fingerprint density at radius 2 is 1.78 bits per heavy atom. The molecule has 0 spiro atoms.